The van der Waals surface area contributed by atoms with Gasteiger partial charge in [-0.15, -0.1) is 0 Å². The number of rotatable bonds is 5. The third-order valence-electron chi connectivity index (χ3n) is 10.1. The summed E-state index contributed by atoms with van der Waals surface area (Å²) in [7, 11) is 0. The number of hydrogen-bond acceptors (Lipinski definition) is 2. The Hall–Kier alpha value is -0.830. The molecule has 0 saturated heterocycles. The van der Waals surface area contributed by atoms with Crippen LogP contribution < -0.4 is 5.32 Å². The van der Waals surface area contributed by atoms with Crippen LogP contribution in [0.2, 0.25) is 0 Å². The van der Waals surface area contributed by atoms with Crippen molar-refractivity contribution in [3.63, 3.8) is 0 Å². The molecule has 3 aliphatic carbocycles. The standard InChI is InChI=1S/C27H45NO2/c1-17(2)7-6-8-18(3)21-9-10-22-25-23(12-14-27(21,22)5)26(4)13-11-20(29)15-19(26)16-24(30)28-25/h16-18,20-23,25,29H,6-15H2,1-5H3,(H,28,30)/t18-,20+,21-,22+,23+,25+,26+,27-/m1/s1. The van der Waals surface area contributed by atoms with Gasteiger partial charge in [-0.05, 0) is 85.4 Å². The van der Waals surface area contributed by atoms with E-state index in [-0.39, 0.29) is 17.4 Å². The van der Waals surface area contributed by atoms with Gasteiger partial charge < -0.3 is 10.4 Å². The maximum atomic E-state index is 12.9. The Morgan fingerprint density at radius 1 is 1.07 bits per heavy atom. The molecular weight excluding hydrogens is 370 g/mol. The Balaban J connectivity index is 1.54. The first-order valence-corrected chi connectivity index (χ1v) is 12.8. The van der Waals surface area contributed by atoms with E-state index >= 15 is 0 Å². The lowest BCUT2D eigenvalue weighted by atomic mass is 9.51. The highest BCUT2D eigenvalue weighted by Crippen LogP contribution is 2.63. The number of nitrogens with one attached hydrogen (secondary N) is 1. The van der Waals surface area contributed by atoms with E-state index in [1.165, 1.54) is 50.5 Å². The first-order valence-electron chi connectivity index (χ1n) is 12.8. The lowest BCUT2D eigenvalue weighted by Crippen LogP contribution is -2.56. The molecule has 0 unspecified atom stereocenters. The van der Waals surface area contributed by atoms with Gasteiger partial charge in [-0.1, -0.05) is 59.5 Å². The van der Waals surface area contributed by atoms with E-state index in [4.69, 9.17) is 0 Å². The van der Waals surface area contributed by atoms with Gasteiger partial charge in [-0.3, -0.25) is 4.79 Å². The van der Waals surface area contributed by atoms with Crippen molar-refractivity contribution in [1.29, 1.82) is 0 Å². The van der Waals surface area contributed by atoms with E-state index in [0.29, 0.717) is 29.7 Å². The van der Waals surface area contributed by atoms with E-state index in [1.807, 2.05) is 6.08 Å². The SMILES string of the molecule is CC(C)CCC[C@@H](C)[C@H]1CC[C@H]2[C@@H]3NC(=O)C=C4C[C@@H](O)CC[C@]4(C)[C@H]3CC[C@]12C. The monoisotopic (exact) mass is 415 g/mol. The zero-order valence-electron chi connectivity index (χ0n) is 20.0. The van der Waals surface area contributed by atoms with E-state index in [9.17, 15) is 9.90 Å². The van der Waals surface area contributed by atoms with Crippen LogP contribution in [0.3, 0.4) is 0 Å². The molecule has 3 saturated carbocycles. The zero-order valence-corrected chi connectivity index (χ0v) is 20.0. The van der Waals surface area contributed by atoms with E-state index in [0.717, 1.165) is 30.6 Å². The van der Waals surface area contributed by atoms with E-state index < -0.39 is 0 Å². The van der Waals surface area contributed by atoms with Crippen molar-refractivity contribution in [1.82, 2.24) is 5.32 Å². The van der Waals surface area contributed by atoms with Crippen molar-refractivity contribution in [2.24, 2.45) is 40.4 Å². The molecule has 4 rings (SSSR count). The summed E-state index contributed by atoms with van der Waals surface area (Å²) in [6.45, 7) is 12.1. The molecule has 0 aromatic heterocycles. The summed E-state index contributed by atoms with van der Waals surface area (Å²) in [4.78, 5) is 12.9. The molecule has 2 N–H and O–H groups in total. The average Bonchev–Trinajstić information content (AvgIpc) is 2.97. The molecule has 30 heavy (non-hydrogen) atoms. The fourth-order valence-electron chi connectivity index (χ4n) is 8.31. The second-order valence-electron chi connectivity index (χ2n) is 12.3. The minimum Gasteiger partial charge on any atom is -0.393 e. The normalized spacial score (nSPS) is 44.4. The van der Waals surface area contributed by atoms with Gasteiger partial charge in [0.1, 0.15) is 0 Å². The van der Waals surface area contributed by atoms with Crippen LogP contribution >= 0.6 is 0 Å². The molecule has 0 spiro atoms. The number of fused-ring (bicyclic) bond motifs is 5. The van der Waals surface area contributed by atoms with Crippen molar-refractivity contribution >= 4 is 5.91 Å². The summed E-state index contributed by atoms with van der Waals surface area (Å²) in [5, 5.41) is 13.8. The fourth-order valence-corrected chi connectivity index (χ4v) is 8.31. The van der Waals surface area contributed by atoms with Crippen LogP contribution in [0.4, 0.5) is 0 Å². The number of hydrogen-bond donors (Lipinski definition) is 2. The predicted octanol–water partition coefficient (Wildman–Crippen LogP) is 5.87. The third-order valence-corrected chi connectivity index (χ3v) is 10.1. The minimum atomic E-state index is -0.273. The van der Waals surface area contributed by atoms with Crippen LogP contribution in [-0.4, -0.2) is 23.2 Å². The van der Waals surface area contributed by atoms with Crippen molar-refractivity contribution in [2.45, 2.75) is 111 Å². The van der Waals surface area contributed by atoms with Gasteiger partial charge in [-0.2, -0.15) is 0 Å². The fraction of sp³-hybridized carbons (Fsp3) is 0.889. The van der Waals surface area contributed by atoms with Gasteiger partial charge in [0.15, 0.2) is 0 Å². The Bertz CT molecular complexity index is 684. The molecule has 1 amide bonds. The topological polar surface area (TPSA) is 49.3 Å². The van der Waals surface area contributed by atoms with Gasteiger partial charge in [0.25, 0.3) is 0 Å². The van der Waals surface area contributed by atoms with Crippen LogP contribution in [0.5, 0.6) is 0 Å². The number of carbonyl (C=O) groups excluding carboxylic acids is 1. The molecule has 0 radical (unpaired) electrons. The molecular formula is C27H45NO2. The molecule has 0 bridgehead atoms. The van der Waals surface area contributed by atoms with E-state index in [2.05, 4.69) is 39.9 Å². The molecule has 3 heteroatoms. The van der Waals surface area contributed by atoms with Crippen molar-refractivity contribution in [2.75, 3.05) is 0 Å². The van der Waals surface area contributed by atoms with Crippen LogP contribution in [-0.2, 0) is 4.79 Å². The summed E-state index contributed by atoms with van der Waals surface area (Å²) < 4.78 is 0. The van der Waals surface area contributed by atoms with Crippen molar-refractivity contribution in [3.8, 4) is 0 Å². The van der Waals surface area contributed by atoms with Gasteiger partial charge in [0.05, 0.1) is 6.10 Å². The molecule has 4 aliphatic rings. The Morgan fingerprint density at radius 3 is 2.57 bits per heavy atom. The van der Waals surface area contributed by atoms with Crippen molar-refractivity contribution in [3.05, 3.63) is 11.6 Å². The summed E-state index contributed by atoms with van der Waals surface area (Å²) >= 11 is 0. The molecule has 170 valence electrons. The predicted molar refractivity (Wildman–Crippen MR) is 123 cm³/mol. The average molecular weight is 416 g/mol. The number of aliphatic hydroxyl groups excluding tert-OH is 1. The lowest BCUT2D eigenvalue weighted by molar-refractivity contribution is -0.119. The summed E-state index contributed by atoms with van der Waals surface area (Å²) in [6, 6.07) is 0.304. The minimum absolute atomic E-state index is 0.0748. The molecule has 0 aromatic carbocycles. The summed E-state index contributed by atoms with van der Waals surface area (Å²) in [5.41, 5.74) is 1.65. The molecule has 1 heterocycles. The number of aliphatic hydroxyl groups is 1. The van der Waals surface area contributed by atoms with Crippen LogP contribution in [0.1, 0.15) is 98.8 Å². The van der Waals surface area contributed by atoms with Crippen LogP contribution in [0.15, 0.2) is 11.6 Å². The first kappa shape index (κ1) is 22.4. The maximum absolute atomic E-state index is 12.9. The Morgan fingerprint density at radius 2 is 1.83 bits per heavy atom. The molecule has 1 aliphatic heterocycles. The van der Waals surface area contributed by atoms with Crippen molar-refractivity contribution < 1.29 is 9.90 Å². The third kappa shape index (κ3) is 3.78. The van der Waals surface area contributed by atoms with Gasteiger partial charge in [0.2, 0.25) is 5.91 Å². The lowest BCUT2D eigenvalue weighted by Gasteiger charge is -2.55. The summed E-state index contributed by atoms with van der Waals surface area (Å²) in [6.07, 6.45) is 13.3. The Kier molecular flexibility index (Phi) is 6.16. The largest absolute Gasteiger partial charge is 0.393 e. The highest BCUT2D eigenvalue weighted by Gasteiger charge is 2.59. The Labute approximate surface area is 184 Å². The van der Waals surface area contributed by atoms with Crippen LogP contribution in [0.25, 0.3) is 0 Å². The molecule has 0 aromatic rings. The maximum Gasteiger partial charge on any atom is 0.244 e. The highest BCUT2D eigenvalue weighted by atomic mass is 16.3. The second kappa shape index (κ2) is 8.26. The second-order valence-corrected chi connectivity index (χ2v) is 12.3. The quantitative estimate of drug-likeness (QED) is 0.590. The smallest absolute Gasteiger partial charge is 0.244 e. The molecule has 3 fully saturated rings. The van der Waals surface area contributed by atoms with Gasteiger partial charge in [-0.25, -0.2) is 0 Å². The van der Waals surface area contributed by atoms with Crippen LogP contribution in [0, 0.1) is 40.4 Å². The van der Waals surface area contributed by atoms with Gasteiger partial charge in [0, 0.05) is 12.1 Å². The first-order chi connectivity index (χ1) is 14.1. The van der Waals surface area contributed by atoms with Gasteiger partial charge >= 0.3 is 0 Å². The summed E-state index contributed by atoms with van der Waals surface area (Å²) in [5.74, 6) is 3.60. The molecule has 3 nitrogen and oxygen atoms in total. The molecule has 8 atom stereocenters. The van der Waals surface area contributed by atoms with E-state index in [1.54, 1.807) is 0 Å². The number of carbonyl (C=O) groups is 1. The number of amides is 1. The zero-order chi connectivity index (χ0) is 21.7. The highest BCUT2D eigenvalue weighted by molar-refractivity contribution is 5.89.